The van der Waals surface area contributed by atoms with Gasteiger partial charge in [-0.1, -0.05) is 12.1 Å². The highest BCUT2D eigenvalue weighted by Crippen LogP contribution is 2.24. The zero-order valence-electron chi connectivity index (χ0n) is 11.0. The Morgan fingerprint density at radius 2 is 2.11 bits per heavy atom. The molecule has 1 amide bonds. The topological polar surface area (TPSA) is 41.1 Å². The summed E-state index contributed by atoms with van der Waals surface area (Å²) in [4.78, 5) is 12.0. The van der Waals surface area contributed by atoms with Crippen LogP contribution in [0.25, 0.3) is 0 Å². The Labute approximate surface area is 119 Å². The van der Waals surface area contributed by atoms with Gasteiger partial charge in [-0.3, -0.25) is 4.79 Å². The van der Waals surface area contributed by atoms with Crippen molar-refractivity contribution in [1.82, 2.24) is 10.6 Å². The molecule has 1 aliphatic heterocycles. The zero-order chi connectivity index (χ0) is 13.0. The molecule has 1 aromatic rings. The summed E-state index contributed by atoms with van der Waals surface area (Å²) >= 11 is 0. The molecule has 1 heterocycles. The fourth-order valence-electron chi connectivity index (χ4n) is 2.20. The minimum Gasteiger partial charge on any atom is -0.355 e. The van der Waals surface area contributed by atoms with Crippen LogP contribution in [0.15, 0.2) is 24.3 Å². The Hall–Kier alpha value is -1.13. The number of halogens is 2. The van der Waals surface area contributed by atoms with E-state index in [9.17, 15) is 9.18 Å². The smallest absolute Gasteiger partial charge is 0.227 e. The van der Waals surface area contributed by atoms with Crippen molar-refractivity contribution in [2.45, 2.75) is 19.8 Å². The first-order valence-corrected chi connectivity index (χ1v) is 6.34. The first-order chi connectivity index (χ1) is 8.60. The summed E-state index contributed by atoms with van der Waals surface area (Å²) < 4.78 is 12.7. The third-order valence-electron chi connectivity index (χ3n) is 3.53. The van der Waals surface area contributed by atoms with Gasteiger partial charge >= 0.3 is 0 Å². The molecule has 2 N–H and O–H groups in total. The lowest BCUT2D eigenvalue weighted by Gasteiger charge is -2.21. The third-order valence-corrected chi connectivity index (χ3v) is 3.53. The van der Waals surface area contributed by atoms with Crippen LogP contribution < -0.4 is 10.6 Å². The molecular weight excluding hydrogens is 267 g/mol. The Kier molecular flexibility index (Phi) is 5.76. The van der Waals surface area contributed by atoms with Crippen LogP contribution in [0.2, 0.25) is 0 Å². The second-order valence-corrected chi connectivity index (χ2v) is 5.12. The monoisotopic (exact) mass is 286 g/mol. The highest BCUT2D eigenvalue weighted by atomic mass is 35.5. The van der Waals surface area contributed by atoms with Gasteiger partial charge in [-0.25, -0.2) is 4.39 Å². The Balaban J connectivity index is 0.00000180. The predicted octanol–water partition coefficient (Wildman–Crippen LogP) is 1.91. The lowest BCUT2D eigenvalue weighted by molar-refractivity contribution is -0.129. The fourth-order valence-corrected chi connectivity index (χ4v) is 2.20. The molecule has 0 aliphatic carbocycles. The number of amides is 1. The van der Waals surface area contributed by atoms with Crippen LogP contribution in [0.1, 0.15) is 18.9 Å². The first kappa shape index (κ1) is 15.9. The lowest BCUT2D eigenvalue weighted by atomic mass is 9.89. The Bertz CT molecular complexity index is 416. The molecule has 19 heavy (non-hydrogen) atoms. The number of carbonyl (C=O) groups is 1. The number of hydrogen-bond acceptors (Lipinski definition) is 2. The molecule has 1 unspecified atom stereocenters. The summed E-state index contributed by atoms with van der Waals surface area (Å²) in [5.74, 6) is -0.123. The molecule has 1 atom stereocenters. The van der Waals surface area contributed by atoms with Gasteiger partial charge in [-0.15, -0.1) is 12.4 Å². The molecule has 3 nitrogen and oxygen atoms in total. The first-order valence-electron chi connectivity index (χ1n) is 6.34. The summed E-state index contributed by atoms with van der Waals surface area (Å²) in [6.45, 7) is 4.23. The molecule has 106 valence electrons. The molecule has 1 aliphatic rings. The van der Waals surface area contributed by atoms with E-state index in [0.717, 1.165) is 31.5 Å². The summed E-state index contributed by atoms with van der Waals surface area (Å²) in [5.41, 5.74) is 0.759. The van der Waals surface area contributed by atoms with Gasteiger partial charge in [0.05, 0.1) is 5.41 Å². The highest BCUT2D eigenvalue weighted by Gasteiger charge is 2.35. The Morgan fingerprint density at radius 1 is 1.42 bits per heavy atom. The van der Waals surface area contributed by atoms with E-state index >= 15 is 0 Å². The van der Waals surface area contributed by atoms with E-state index in [-0.39, 0.29) is 29.5 Å². The maximum absolute atomic E-state index is 12.7. The molecule has 1 aromatic carbocycles. The molecule has 0 saturated carbocycles. The quantitative estimate of drug-likeness (QED) is 0.888. The van der Waals surface area contributed by atoms with Gasteiger partial charge in [0, 0.05) is 13.1 Å². The van der Waals surface area contributed by atoms with Crippen molar-refractivity contribution < 1.29 is 9.18 Å². The van der Waals surface area contributed by atoms with Crippen molar-refractivity contribution >= 4 is 18.3 Å². The maximum Gasteiger partial charge on any atom is 0.227 e. The van der Waals surface area contributed by atoms with Crippen LogP contribution in [-0.2, 0) is 11.2 Å². The molecule has 0 spiro atoms. The zero-order valence-corrected chi connectivity index (χ0v) is 11.9. The highest BCUT2D eigenvalue weighted by molar-refractivity contribution is 5.85. The van der Waals surface area contributed by atoms with Gasteiger partial charge in [-0.2, -0.15) is 0 Å². The molecule has 5 heteroatoms. The number of hydrogen-bond donors (Lipinski definition) is 2. The van der Waals surface area contributed by atoms with Crippen LogP contribution in [0.3, 0.4) is 0 Å². The van der Waals surface area contributed by atoms with Crippen molar-refractivity contribution in [2.24, 2.45) is 5.41 Å². The largest absolute Gasteiger partial charge is 0.355 e. The molecule has 0 aromatic heterocycles. The number of nitrogens with one attached hydrogen (secondary N) is 2. The van der Waals surface area contributed by atoms with Gasteiger partial charge in [0.2, 0.25) is 5.91 Å². The fraction of sp³-hybridized carbons (Fsp3) is 0.500. The second-order valence-electron chi connectivity index (χ2n) is 5.12. The number of rotatable bonds is 4. The summed E-state index contributed by atoms with van der Waals surface area (Å²) in [6, 6.07) is 6.39. The van der Waals surface area contributed by atoms with Crippen LogP contribution in [0, 0.1) is 11.2 Å². The van der Waals surface area contributed by atoms with Crippen molar-refractivity contribution in [2.75, 3.05) is 19.6 Å². The molecular formula is C14H20ClFN2O. The van der Waals surface area contributed by atoms with Crippen LogP contribution in [-0.4, -0.2) is 25.5 Å². The summed E-state index contributed by atoms with van der Waals surface area (Å²) in [6.07, 6.45) is 1.62. The third kappa shape index (κ3) is 4.18. The van der Waals surface area contributed by atoms with Gasteiger partial charge in [0.1, 0.15) is 5.82 Å². The number of benzene rings is 1. The Morgan fingerprint density at radius 3 is 2.68 bits per heavy atom. The minimum atomic E-state index is -0.275. The average molecular weight is 287 g/mol. The molecule has 0 radical (unpaired) electrons. The minimum absolute atomic E-state index is 0. The van der Waals surface area contributed by atoms with E-state index in [4.69, 9.17) is 0 Å². The van der Waals surface area contributed by atoms with Crippen molar-refractivity contribution in [3.63, 3.8) is 0 Å². The lowest BCUT2D eigenvalue weighted by Crippen LogP contribution is -2.41. The van der Waals surface area contributed by atoms with Gasteiger partial charge in [0.15, 0.2) is 0 Å². The molecule has 1 saturated heterocycles. The molecule has 2 rings (SSSR count). The second kappa shape index (κ2) is 6.87. The number of carbonyl (C=O) groups excluding carboxylic acids is 1. The van der Waals surface area contributed by atoms with Crippen molar-refractivity contribution in [3.8, 4) is 0 Å². The van der Waals surface area contributed by atoms with E-state index in [1.807, 2.05) is 6.92 Å². The van der Waals surface area contributed by atoms with Gasteiger partial charge in [0.25, 0.3) is 0 Å². The van der Waals surface area contributed by atoms with Crippen molar-refractivity contribution in [3.05, 3.63) is 35.6 Å². The van der Waals surface area contributed by atoms with E-state index in [1.54, 1.807) is 12.1 Å². The van der Waals surface area contributed by atoms with Gasteiger partial charge < -0.3 is 10.6 Å². The standard InChI is InChI=1S/C14H19FN2O.ClH/c1-14(7-9-16-10-14)13(18)17-8-6-11-2-4-12(15)5-3-11;/h2-5,16H,6-10H2,1H3,(H,17,18);1H. The molecule has 0 bridgehead atoms. The van der Waals surface area contributed by atoms with E-state index in [0.29, 0.717) is 6.54 Å². The van der Waals surface area contributed by atoms with E-state index in [2.05, 4.69) is 10.6 Å². The van der Waals surface area contributed by atoms with Crippen LogP contribution in [0.4, 0.5) is 4.39 Å². The van der Waals surface area contributed by atoms with Crippen LogP contribution >= 0.6 is 12.4 Å². The summed E-state index contributed by atoms with van der Waals surface area (Å²) in [7, 11) is 0. The normalized spacial score (nSPS) is 21.8. The van der Waals surface area contributed by atoms with Gasteiger partial charge in [-0.05, 0) is 44.0 Å². The maximum atomic E-state index is 12.7. The molecule has 1 fully saturated rings. The summed E-state index contributed by atoms with van der Waals surface area (Å²) in [5, 5.41) is 6.16. The van der Waals surface area contributed by atoms with E-state index < -0.39 is 0 Å². The van der Waals surface area contributed by atoms with Crippen molar-refractivity contribution in [1.29, 1.82) is 0 Å². The predicted molar refractivity (Wildman–Crippen MR) is 76.0 cm³/mol. The van der Waals surface area contributed by atoms with Crippen LogP contribution in [0.5, 0.6) is 0 Å². The SMILES string of the molecule is CC1(C(=O)NCCc2ccc(F)cc2)CCNC1.Cl. The average Bonchev–Trinajstić information content (AvgIpc) is 2.80. The van der Waals surface area contributed by atoms with E-state index in [1.165, 1.54) is 12.1 Å².